The van der Waals surface area contributed by atoms with Gasteiger partial charge in [0.15, 0.2) is 0 Å². The van der Waals surface area contributed by atoms with Crippen LogP contribution in [0.2, 0.25) is 10.0 Å². The smallest absolute Gasteiger partial charge is 0.407 e. The number of hydrogen-bond donors (Lipinski definition) is 2. The lowest BCUT2D eigenvalue weighted by Crippen LogP contribution is -2.50. The number of rotatable bonds is 9. The second kappa shape index (κ2) is 15.1. The number of amides is 3. The largest absolute Gasteiger partial charge is 0.495 e. The fraction of sp³-hybridized carbons (Fsp3) is 0.455. The van der Waals surface area contributed by atoms with Crippen molar-refractivity contribution >= 4 is 52.8 Å². The van der Waals surface area contributed by atoms with Crippen LogP contribution in [-0.2, 0) is 11.3 Å². The summed E-state index contributed by atoms with van der Waals surface area (Å²) in [5, 5.41) is 6.74. The Morgan fingerprint density at radius 1 is 1.00 bits per heavy atom. The van der Waals surface area contributed by atoms with Crippen molar-refractivity contribution in [1.82, 2.24) is 15.3 Å². The summed E-state index contributed by atoms with van der Waals surface area (Å²) < 4.78 is 16.4. The van der Waals surface area contributed by atoms with E-state index in [1.807, 2.05) is 58.0 Å². The second-order valence-corrected chi connectivity index (χ2v) is 12.9. The number of alkyl carbamates (subject to hydrolysis) is 1. The molecule has 1 fully saturated rings. The van der Waals surface area contributed by atoms with E-state index in [9.17, 15) is 9.59 Å². The number of halogens is 2. The average Bonchev–Trinajstić information content (AvgIpc) is 3.01. The minimum Gasteiger partial charge on any atom is -0.495 e. The molecule has 0 saturated heterocycles. The number of carbonyl (C=O) groups excluding carboxylic acids is 2. The van der Waals surface area contributed by atoms with Gasteiger partial charge in [0.05, 0.1) is 32.5 Å². The Morgan fingerprint density at radius 2 is 1.61 bits per heavy atom. The van der Waals surface area contributed by atoms with Crippen LogP contribution in [-0.4, -0.2) is 61.0 Å². The van der Waals surface area contributed by atoms with Gasteiger partial charge in [0.2, 0.25) is 5.95 Å². The number of ether oxygens (including phenoxy) is 3. The van der Waals surface area contributed by atoms with E-state index >= 15 is 0 Å². The van der Waals surface area contributed by atoms with E-state index < -0.39 is 17.7 Å². The van der Waals surface area contributed by atoms with Crippen LogP contribution in [0.1, 0.15) is 57.6 Å². The number of carbonyl (C=O) groups is 2. The van der Waals surface area contributed by atoms with Crippen molar-refractivity contribution in [3.63, 3.8) is 0 Å². The first-order valence-corrected chi connectivity index (χ1v) is 15.9. The molecule has 46 heavy (non-hydrogen) atoms. The van der Waals surface area contributed by atoms with Crippen LogP contribution in [0.25, 0.3) is 0 Å². The molecule has 11 nitrogen and oxygen atoms in total. The summed E-state index contributed by atoms with van der Waals surface area (Å²) in [4.78, 5) is 39.3. The molecule has 2 atom stereocenters. The molecule has 0 unspecified atom stereocenters. The van der Waals surface area contributed by atoms with E-state index in [0.717, 1.165) is 31.2 Å². The summed E-state index contributed by atoms with van der Waals surface area (Å²) in [5.74, 6) is 1.33. The van der Waals surface area contributed by atoms with Crippen LogP contribution in [0.15, 0.2) is 42.6 Å². The molecule has 0 bridgehead atoms. The Kier molecular flexibility index (Phi) is 11.4. The molecule has 248 valence electrons. The molecular formula is C33H42Cl2N6O5. The lowest BCUT2D eigenvalue weighted by atomic mass is 9.90. The number of urea groups is 1. The highest BCUT2D eigenvalue weighted by Gasteiger charge is 2.32. The summed E-state index contributed by atoms with van der Waals surface area (Å²) in [6.45, 7) is 7.53. The maximum atomic E-state index is 14.4. The van der Waals surface area contributed by atoms with Gasteiger partial charge in [-0.15, -0.1) is 0 Å². The molecule has 1 aromatic heterocycles. The number of aryl methyl sites for hydroxylation is 1. The van der Waals surface area contributed by atoms with Crippen molar-refractivity contribution in [1.29, 1.82) is 0 Å². The third-order valence-corrected chi connectivity index (χ3v) is 8.30. The standard InChI is InChI=1S/C33H42Cl2N6O5/c1-20-18-36-30(37-22-15-11-12-16-23(22)38-31(42)46-33(2,3)4)39-29(20)41(19-21-13-9-8-10-14-21)32(43)40(5)28-26(34)24(44-6)17-25(45-7)27(28)35/h8-10,13-14,17-18,22-23H,11-12,15-16,19H2,1-7H3,(H,38,42)(H,36,37,39)/t22-,23+/m1/s1. The van der Waals surface area contributed by atoms with Gasteiger partial charge in [-0.1, -0.05) is 66.4 Å². The highest BCUT2D eigenvalue weighted by molar-refractivity contribution is 6.42. The SMILES string of the molecule is COc1cc(OC)c(Cl)c(N(C)C(=O)N(Cc2ccccc2)c2nc(N[C@@H]3CCCC[C@@H]3NC(=O)OC(C)(C)C)ncc2C)c1Cl. The second-order valence-electron chi connectivity index (χ2n) is 12.2. The quantitative estimate of drug-likeness (QED) is 0.238. The molecule has 1 heterocycles. The lowest BCUT2D eigenvalue weighted by Gasteiger charge is -2.34. The molecule has 0 aliphatic heterocycles. The van der Waals surface area contributed by atoms with Gasteiger partial charge in [0.25, 0.3) is 0 Å². The summed E-state index contributed by atoms with van der Waals surface area (Å²) in [6, 6.07) is 10.4. The highest BCUT2D eigenvalue weighted by Crippen LogP contribution is 2.46. The summed E-state index contributed by atoms with van der Waals surface area (Å²) in [6.07, 6.45) is 4.75. The molecule has 4 rings (SSSR count). The maximum absolute atomic E-state index is 14.4. The van der Waals surface area contributed by atoms with E-state index in [2.05, 4.69) is 15.6 Å². The van der Waals surface area contributed by atoms with Gasteiger partial charge >= 0.3 is 12.1 Å². The minimum absolute atomic E-state index is 0.139. The summed E-state index contributed by atoms with van der Waals surface area (Å²) in [7, 11) is 4.53. The first-order chi connectivity index (χ1) is 21.8. The van der Waals surface area contributed by atoms with Crippen molar-refractivity contribution in [2.24, 2.45) is 0 Å². The van der Waals surface area contributed by atoms with Crippen LogP contribution in [0.5, 0.6) is 11.5 Å². The predicted molar refractivity (Wildman–Crippen MR) is 182 cm³/mol. The molecule has 2 aromatic carbocycles. The predicted octanol–water partition coefficient (Wildman–Crippen LogP) is 7.62. The highest BCUT2D eigenvalue weighted by atomic mass is 35.5. The molecule has 0 spiro atoms. The van der Waals surface area contributed by atoms with E-state index in [-0.39, 0.29) is 34.4 Å². The van der Waals surface area contributed by atoms with Gasteiger partial charge in [0.1, 0.15) is 33.0 Å². The maximum Gasteiger partial charge on any atom is 0.407 e. The first-order valence-electron chi connectivity index (χ1n) is 15.1. The van der Waals surface area contributed by atoms with Crippen molar-refractivity contribution < 1.29 is 23.8 Å². The molecule has 1 aliphatic carbocycles. The van der Waals surface area contributed by atoms with Crippen molar-refractivity contribution in [3.8, 4) is 11.5 Å². The van der Waals surface area contributed by atoms with Crippen LogP contribution in [0.3, 0.4) is 0 Å². The van der Waals surface area contributed by atoms with Crippen molar-refractivity contribution in [2.75, 3.05) is 36.4 Å². The fourth-order valence-electron chi connectivity index (χ4n) is 5.32. The summed E-state index contributed by atoms with van der Waals surface area (Å²) >= 11 is 13.4. The number of aromatic nitrogens is 2. The minimum atomic E-state index is -0.608. The normalized spacial score (nSPS) is 16.3. The van der Waals surface area contributed by atoms with Crippen molar-refractivity contribution in [3.05, 3.63) is 63.8 Å². The molecule has 3 aromatic rings. The number of hydrogen-bond acceptors (Lipinski definition) is 8. The van der Waals surface area contributed by atoms with E-state index in [1.54, 1.807) is 24.2 Å². The van der Waals surface area contributed by atoms with Gasteiger partial charge < -0.3 is 24.8 Å². The Morgan fingerprint density at radius 3 is 2.20 bits per heavy atom. The number of nitrogens with zero attached hydrogens (tertiary/aromatic N) is 4. The third-order valence-electron chi connectivity index (χ3n) is 7.57. The molecule has 0 radical (unpaired) electrons. The number of nitrogens with one attached hydrogen (secondary N) is 2. The van der Waals surface area contributed by atoms with Gasteiger partial charge in [-0.05, 0) is 46.1 Å². The Balaban J connectivity index is 1.69. The van der Waals surface area contributed by atoms with Crippen LogP contribution in [0.4, 0.5) is 27.0 Å². The molecule has 1 saturated carbocycles. The molecule has 1 aliphatic rings. The van der Waals surface area contributed by atoms with Gasteiger partial charge in [-0.3, -0.25) is 9.80 Å². The molecule has 2 N–H and O–H groups in total. The average molecular weight is 674 g/mol. The van der Waals surface area contributed by atoms with E-state index in [0.29, 0.717) is 28.8 Å². The van der Waals surface area contributed by atoms with Crippen LogP contribution >= 0.6 is 23.2 Å². The lowest BCUT2D eigenvalue weighted by molar-refractivity contribution is 0.0488. The fourth-order valence-corrected chi connectivity index (χ4v) is 6.07. The zero-order chi connectivity index (χ0) is 33.6. The Labute approximate surface area is 280 Å². The van der Waals surface area contributed by atoms with E-state index in [4.69, 9.17) is 42.4 Å². The van der Waals surface area contributed by atoms with Gasteiger partial charge in [0, 0.05) is 30.9 Å². The van der Waals surface area contributed by atoms with Gasteiger partial charge in [-0.25, -0.2) is 14.6 Å². The first kappa shape index (κ1) is 34.9. The molecule has 3 amide bonds. The van der Waals surface area contributed by atoms with Crippen LogP contribution in [0, 0.1) is 6.92 Å². The zero-order valence-electron chi connectivity index (χ0n) is 27.3. The number of anilines is 3. The summed E-state index contributed by atoms with van der Waals surface area (Å²) in [5.41, 5.74) is 1.18. The number of methoxy groups -OCH3 is 2. The molecular weight excluding hydrogens is 631 g/mol. The van der Waals surface area contributed by atoms with Gasteiger partial charge in [-0.2, -0.15) is 4.98 Å². The van der Waals surface area contributed by atoms with E-state index in [1.165, 1.54) is 19.1 Å². The monoisotopic (exact) mass is 672 g/mol. The Bertz CT molecular complexity index is 1510. The zero-order valence-corrected chi connectivity index (χ0v) is 28.8. The Hall–Kier alpha value is -3.96. The number of benzene rings is 2. The topological polar surface area (TPSA) is 118 Å². The third kappa shape index (κ3) is 8.44. The molecule has 13 heteroatoms. The van der Waals surface area contributed by atoms with Crippen molar-refractivity contribution in [2.45, 2.75) is 77.6 Å². The van der Waals surface area contributed by atoms with Crippen LogP contribution < -0.4 is 29.9 Å².